The fourth-order valence-electron chi connectivity index (χ4n) is 0.950. The summed E-state index contributed by atoms with van der Waals surface area (Å²) >= 11 is 6.51. The molecule has 1 aromatic rings. The van der Waals surface area contributed by atoms with E-state index in [2.05, 4.69) is 5.32 Å². The Morgan fingerprint density at radius 1 is 1.62 bits per heavy atom. The molecule has 7 heteroatoms. The molecule has 1 N–H and O–H groups in total. The van der Waals surface area contributed by atoms with Gasteiger partial charge >= 0.3 is 5.00 Å². The maximum absolute atomic E-state index is 11.7. The first-order chi connectivity index (χ1) is 7.35. The highest BCUT2D eigenvalue weighted by atomic mass is 35.5. The molecule has 0 atom stereocenters. The van der Waals surface area contributed by atoms with Crippen molar-refractivity contribution >= 4 is 33.8 Å². The lowest BCUT2D eigenvalue weighted by molar-refractivity contribution is -0.380. The summed E-state index contributed by atoms with van der Waals surface area (Å²) in [5.41, 5.74) is -0.530. The first-order valence-corrected chi connectivity index (χ1v) is 5.83. The van der Waals surface area contributed by atoms with Crippen LogP contribution in [0.25, 0.3) is 0 Å². The molecule has 0 aliphatic carbocycles. The molecule has 0 aromatic carbocycles. The molecule has 0 unspecified atom stereocenters. The maximum Gasteiger partial charge on any atom is 0.324 e. The molecular weight excluding hydrogens is 252 g/mol. The summed E-state index contributed by atoms with van der Waals surface area (Å²) in [6.45, 7) is 3.56. The SMILES string of the molecule is CC(C)(CCl)NC(=O)c1ccc([N+](=O)[O-])s1. The van der Waals surface area contributed by atoms with Gasteiger partial charge in [0, 0.05) is 17.5 Å². The summed E-state index contributed by atoms with van der Waals surface area (Å²) in [4.78, 5) is 21.9. The second kappa shape index (κ2) is 4.80. The molecule has 1 heterocycles. The number of rotatable bonds is 4. The number of nitro groups is 1. The number of hydrogen-bond acceptors (Lipinski definition) is 4. The van der Waals surface area contributed by atoms with Crippen LogP contribution in [0.15, 0.2) is 12.1 Å². The maximum atomic E-state index is 11.7. The third-order valence-electron chi connectivity index (χ3n) is 1.78. The van der Waals surface area contributed by atoms with Crippen LogP contribution in [0.4, 0.5) is 5.00 Å². The van der Waals surface area contributed by atoms with Crippen LogP contribution in [0, 0.1) is 10.1 Å². The Bertz CT molecular complexity index is 417. The Morgan fingerprint density at radius 3 is 2.69 bits per heavy atom. The zero-order valence-electron chi connectivity index (χ0n) is 8.82. The number of nitrogens with one attached hydrogen (secondary N) is 1. The lowest BCUT2D eigenvalue weighted by Crippen LogP contribution is -2.44. The first-order valence-electron chi connectivity index (χ1n) is 4.48. The fraction of sp³-hybridized carbons (Fsp3) is 0.444. The molecule has 0 spiro atoms. The highest BCUT2D eigenvalue weighted by Gasteiger charge is 2.22. The van der Waals surface area contributed by atoms with Gasteiger partial charge in [-0.3, -0.25) is 14.9 Å². The number of thiophene rings is 1. The van der Waals surface area contributed by atoms with Gasteiger partial charge in [-0.1, -0.05) is 11.3 Å². The van der Waals surface area contributed by atoms with Crippen molar-refractivity contribution in [3.63, 3.8) is 0 Å². The van der Waals surface area contributed by atoms with Gasteiger partial charge in [0.25, 0.3) is 5.91 Å². The van der Waals surface area contributed by atoms with E-state index in [0.29, 0.717) is 4.88 Å². The van der Waals surface area contributed by atoms with E-state index in [1.807, 2.05) is 0 Å². The third-order valence-corrected chi connectivity index (χ3v) is 3.49. The Morgan fingerprint density at radius 2 is 2.25 bits per heavy atom. The molecule has 1 aromatic heterocycles. The molecule has 0 aliphatic heterocycles. The molecule has 88 valence electrons. The van der Waals surface area contributed by atoms with Crippen molar-refractivity contribution in [3.8, 4) is 0 Å². The van der Waals surface area contributed by atoms with Crippen molar-refractivity contribution in [1.29, 1.82) is 0 Å². The molecule has 0 saturated carbocycles. The molecular formula is C9H11ClN2O3S. The van der Waals surface area contributed by atoms with Crippen LogP contribution in [0.3, 0.4) is 0 Å². The van der Waals surface area contributed by atoms with Gasteiger partial charge in [0.15, 0.2) is 0 Å². The topological polar surface area (TPSA) is 72.2 Å². The minimum atomic E-state index is -0.530. The van der Waals surface area contributed by atoms with E-state index in [-0.39, 0.29) is 16.8 Å². The van der Waals surface area contributed by atoms with E-state index in [9.17, 15) is 14.9 Å². The Hall–Kier alpha value is -1.14. The highest BCUT2D eigenvalue weighted by Crippen LogP contribution is 2.24. The predicted octanol–water partition coefficient (Wildman–Crippen LogP) is 2.40. The molecule has 16 heavy (non-hydrogen) atoms. The van der Waals surface area contributed by atoms with Crippen LogP contribution in [0.1, 0.15) is 23.5 Å². The standard InChI is InChI=1S/C9H11ClN2O3S/c1-9(2,5-10)11-8(13)6-3-4-7(16-6)12(14)15/h3-4H,5H2,1-2H3,(H,11,13). The van der Waals surface area contributed by atoms with Gasteiger partial charge < -0.3 is 5.32 Å². The van der Waals surface area contributed by atoms with Gasteiger partial charge in [0.1, 0.15) is 0 Å². The lowest BCUT2D eigenvalue weighted by Gasteiger charge is -2.22. The number of halogens is 1. The number of carbonyl (C=O) groups is 1. The zero-order chi connectivity index (χ0) is 12.3. The van der Waals surface area contributed by atoms with E-state index in [4.69, 9.17) is 11.6 Å². The van der Waals surface area contributed by atoms with Crippen molar-refractivity contribution < 1.29 is 9.72 Å². The number of nitrogens with zero attached hydrogens (tertiary/aromatic N) is 1. The first kappa shape index (κ1) is 12.9. The van der Waals surface area contributed by atoms with Gasteiger partial charge in [0.2, 0.25) is 0 Å². The van der Waals surface area contributed by atoms with E-state index in [0.717, 1.165) is 11.3 Å². The quantitative estimate of drug-likeness (QED) is 0.514. The average Bonchev–Trinajstić information content (AvgIpc) is 2.66. The Kier molecular flexibility index (Phi) is 3.88. The van der Waals surface area contributed by atoms with Gasteiger partial charge in [-0.2, -0.15) is 0 Å². The van der Waals surface area contributed by atoms with Crippen molar-refractivity contribution in [2.75, 3.05) is 5.88 Å². The van der Waals surface area contributed by atoms with Gasteiger partial charge in [-0.15, -0.1) is 11.6 Å². The molecule has 0 bridgehead atoms. The van der Waals surface area contributed by atoms with E-state index < -0.39 is 10.5 Å². The Labute approximate surface area is 102 Å². The molecule has 0 fully saturated rings. The predicted molar refractivity (Wildman–Crippen MR) is 63.2 cm³/mol. The summed E-state index contributed by atoms with van der Waals surface area (Å²) in [5, 5.41) is 13.1. The van der Waals surface area contributed by atoms with Crippen LogP contribution < -0.4 is 5.32 Å². The van der Waals surface area contributed by atoms with E-state index >= 15 is 0 Å². The minimum Gasteiger partial charge on any atom is -0.345 e. The number of carbonyl (C=O) groups excluding carboxylic acids is 1. The monoisotopic (exact) mass is 262 g/mol. The molecule has 1 amide bonds. The molecule has 0 aliphatic rings. The zero-order valence-corrected chi connectivity index (χ0v) is 10.4. The third kappa shape index (κ3) is 3.18. The highest BCUT2D eigenvalue weighted by molar-refractivity contribution is 7.17. The summed E-state index contributed by atoms with van der Waals surface area (Å²) in [5.74, 6) is -0.0737. The average molecular weight is 263 g/mol. The summed E-state index contributed by atoms with van der Waals surface area (Å²) in [6.07, 6.45) is 0. The van der Waals surface area contributed by atoms with Crippen LogP contribution >= 0.6 is 22.9 Å². The van der Waals surface area contributed by atoms with Crippen LogP contribution in [0.5, 0.6) is 0 Å². The van der Waals surface area contributed by atoms with Gasteiger partial charge in [-0.05, 0) is 19.9 Å². The Balaban J connectivity index is 2.77. The van der Waals surface area contributed by atoms with Crippen molar-refractivity contribution in [2.45, 2.75) is 19.4 Å². The summed E-state index contributed by atoms with van der Waals surface area (Å²) in [7, 11) is 0. The molecule has 1 rings (SSSR count). The molecule has 0 radical (unpaired) electrons. The van der Waals surface area contributed by atoms with Crippen molar-refractivity contribution in [2.24, 2.45) is 0 Å². The van der Waals surface area contributed by atoms with Crippen molar-refractivity contribution in [1.82, 2.24) is 5.32 Å². The van der Waals surface area contributed by atoms with Crippen LogP contribution in [-0.4, -0.2) is 22.2 Å². The second-order valence-electron chi connectivity index (χ2n) is 3.87. The summed E-state index contributed by atoms with van der Waals surface area (Å²) < 4.78 is 0. The summed E-state index contributed by atoms with van der Waals surface area (Å²) in [6, 6.07) is 2.75. The second-order valence-corrected chi connectivity index (χ2v) is 5.20. The smallest absolute Gasteiger partial charge is 0.324 e. The fourth-order valence-corrected chi connectivity index (χ4v) is 1.73. The molecule has 0 saturated heterocycles. The van der Waals surface area contributed by atoms with E-state index in [1.165, 1.54) is 12.1 Å². The minimum absolute atomic E-state index is 0.0474. The van der Waals surface area contributed by atoms with Crippen LogP contribution in [0.2, 0.25) is 0 Å². The van der Waals surface area contributed by atoms with Crippen LogP contribution in [-0.2, 0) is 0 Å². The largest absolute Gasteiger partial charge is 0.345 e. The normalized spacial score (nSPS) is 11.2. The van der Waals surface area contributed by atoms with E-state index in [1.54, 1.807) is 13.8 Å². The van der Waals surface area contributed by atoms with Gasteiger partial charge in [0.05, 0.1) is 9.80 Å². The van der Waals surface area contributed by atoms with Gasteiger partial charge in [-0.25, -0.2) is 0 Å². The molecule has 5 nitrogen and oxygen atoms in total. The number of amides is 1. The number of alkyl halides is 1. The lowest BCUT2D eigenvalue weighted by atomic mass is 10.1. The number of hydrogen-bond donors (Lipinski definition) is 1. The van der Waals surface area contributed by atoms with Crippen molar-refractivity contribution in [3.05, 3.63) is 27.1 Å².